The van der Waals surface area contributed by atoms with E-state index in [0.29, 0.717) is 31.5 Å². The molecular weight excluding hydrogens is 423 g/mol. The number of carbonyl (C=O) groups is 1. The number of rotatable bonds is 4. The highest BCUT2D eigenvalue weighted by Gasteiger charge is 2.27. The Labute approximate surface area is 160 Å². The highest BCUT2D eigenvalue weighted by atomic mass is 79.9. The second-order valence-electron chi connectivity index (χ2n) is 6.15. The van der Waals surface area contributed by atoms with E-state index in [0.717, 1.165) is 4.47 Å². The Bertz CT molecular complexity index is 895. The minimum Gasteiger partial charge on any atom is -0.339 e. The van der Waals surface area contributed by atoms with Crippen LogP contribution in [0.15, 0.2) is 57.9 Å². The molecule has 0 atom stereocenters. The van der Waals surface area contributed by atoms with Gasteiger partial charge in [0, 0.05) is 29.2 Å². The molecule has 5 nitrogen and oxygen atoms in total. The summed E-state index contributed by atoms with van der Waals surface area (Å²) in [5.74, 6) is -0.688. The summed E-state index contributed by atoms with van der Waals surface area (Å²) in [6.07, 6.45) is 1.02. The van der Waals surface area contributed by atoms with Crippen molar-refractivity contribution in [3.8, 4) is 0 Å². The Morgan fingerprint density at radius 3 is 2.38 bits per heavy atom. The molecule has 1 amide bonds. The van der Waals surface area contributed by atoms with Gasteiger partial charge in [-0.05, 0) is 55.3 Å². The van der Waals surface area contributed by atoms with E-state index in [1.165, 1.54) is 30.3 Å². The number of benzene rings is 2. The van der Waals surface area contributed by atoms with E-state index in [2.05, 4.69) is 20.7 Å². The van der Waals surface area contributed by atoms with Crippen molar-refractivity contribution in [3.05, 3.63) is 64.4 Å². The number of amides is 1. The molecule has 0 aliphatic carbocycles. The van der Waals surface area contributed by atoms with Crippen LogP contribution in [-0.4, -0.2) is 38.4 Å². The second-order valence-corrected chi connectivity index (χ2v) is 8.78. The van der Waals surface area contributed by atoms with Crippen LogP contribution in [0.2, 0.25) is 0 Å². The average Bonchev–Trinajstić information content (AvgIpc) is 2.62. The van der Waals surface area contributed by atoms with E-state index in [1.54, 1.807) is 23.1 Å². The molecule has 1 fully saturated rings. The van der Waals surface area contributed by atoms with E-state index in [4.69, 9.17) is 0 Å². The van der Waals surface area contributed by atoms with Gasteiger partial charge in [0.25, 0.3) is 5.91 Å². The van der Waals surface area contributed by atoms with Crippen LogP contribution < -0.4 is 4.72 Å². The number of hydrogen-bond donors (Lipinski definition) is 1. The Hall–Kier alpha value is -1.77. The molecule has 26 heavy (non-hydrogen) atoms. The van der Waals surface area contributed by atoms with Crippen LogP contribution >= 0.6 is 15.9 Å². The molecule has 1 aliphatic heterocycles. The van der Waals surface area contributed by atoms with Crippen LogP contribution in [0, 0.1) is 5.82 Å². The summed E-state index contributed by atoms with van der Waals surface area (Å²) < 4.78 is 41.7. The van der Waals surface area contributed by atoms with Gasteiger partial charge in [-0.1, -0.05) is 22.0 Å². The molecule has 3 rings (SSSR count). The number of carbonyl (C=O) groups excluding carboxylic acids is 1. The van der Waals surface area contributed by atoms with Crippen molar-refractivity contribution >= 4 is 31.9 Å². The van der Waals surface area contributed by atoms with Crippen molar-refractivity contribution in [1.29, 1.82) is 0 Å². The average molecular weight is 441 g/mol. The van der Waals surface area contributed by atoms with Crippen LogP contribution in [0.3, 0.4) is 0 Å². The number of hydrogen-bond acceptors (Lipinski definition) is 3. The van der Waals surface area contributed by atoms with E-state index < -0.39 is 15.8 Å². The number of nitrogens with zero attached hydrogens (tertiary/aromatic N) is 1. The van der Waals surface area contributed by atoms with Gasteiger partial charge in [-0.3, -0.25) is 4.79 Å². The number of piperidine rings is 1. The van der Waals surface area contributed by atoms with Crippen LogP contribution in [0.25, 0.3) is 0 Å². The topological polar surface area (TPSA) is 66.5 Å². The molecule has 0 saturated carbocycles. The summed E-state index contributed by atoms with van der Waals surface area (Å²) in [6, 6.07) is 11.8. The van der Waals surface area contributed by atoms with E-state index in [9.17, 15) is 17.6 Å². The van der Waals surface area contributed by atoms with Crippen LogP contribution in [0.5, 0.6) is 0 Å². The van der Waals surface area contributed by atoms with Gasteiger partial charge < -0.3 is 4.90 Å². The fraction of sp³-hybridized carbons (Fsp3) is 0.278. The number of halogens is 2. The third kappa shape index (κ3) is 4.49. The SMILES string of the molecule is O=C(c1cccc(F)c1)N1CCC(NS(=O)(=O)c2ccc(Br)cc2)CC1. The maximum Gasteiger partial charge on any atom is 0.253 e. The first-order valence-corrected chi connectivity index (χ1v) is 10.5. The first-order valence-electron chi connectivity index (χ1n) is 8.18. The molecule has 1 saturated heterocycles. The molecule has 0 bridgehead atoms. The summed E-state index contributed by atoms with van der Waals surface area (Å²) >= 11 is 3.28. The van der Waals surface area contributed by atoms with Gasteiger partial charge >= 0.3 is 0 Å². The van der Waals surface area contributed by atoms with Gasteiger partial charge in [-0.2, -0.15) is 0 Å². The predicted molar refractivity (Wildman–Crippen MR) is 99.8 cm³/mol. The van der Waals surface area contributed by atoms with Crippen LogP contribution in [0.4, 0.5) is 4.39 Å². The summed E-state index contributed by atoms with van der Waals surface area (Å²) in [7, 11) is -3.60. The molecule has 0 spiro atoms. The van der Waals surface area contributed by atoms with Gasteiger partial charge in [0.05, 0.1) is 4.90 Å². The van der Waals surface area contributed by atoms with Crippen molar-refractivity contribution in [2.75, 3.05) is 13.1 Å². The molecule has 1 heterocycles. The van der Waals surface area contributed by atoms with E-state index in [-0.39, 0.29) is 16.8 Å². The Morgan fingerprint density at radius 2 is 1.77 bits per heavy atom. The zero-order valence-electron chi connectivity index (χ0n) is 13.9. The van der Waals surface area contributed by atoms with Crippen molar-refractivity contribution in [2.24, 2.45) is 0 Å². The summed E-state index contributed by atoms with van der Waals surface area (Å²) in [5, 5.41) is 0. The second kappa shape index (κ2) is 7.85. The fourth-order valence-corrected chi connectivity index (χ4v) is 4.48. The number of nitrogens with one attached hydrogen (secondary N) is 1. The monoisotopic (exact) mass is 440 g/mol. The standard InChI is InChI=1S/C18H18BrFN2O3S/c19-14-4-6-17(7-5-14)26(24,25)21-16-8-10-22(11-9-16)18(23)13-2-1-3-15(20)12-13/h1-7,12,16,21H,8-11H2. The largest absolute Gasteiger partial charge is 0.339 e. The highest BCUT2D eigenvalue weighted by molar-refractivity contribution is 9.10. The van der Waals surface area contributed by atoms with Gasteiger partial charge in [0.15, 0.2) is 0 Å². The maximum absolute atomic E-state index is 13.3. The summed E-state index contributed by atoms with van der Waals surface area (Å²) in [5.41, 5.74) is 0.305. The van der Waals surface area contributed by atoms with Gasteiger partial charge in [-0.15, -0.1) is 0 Å². The Kier molecular flexibility index (Phi) is 5.74. The molecule has 138 valence electrons. The number of likely N-dealkylation sites (tertiary alicyclic amines) is 1. The first-order chi connectivity index (χ1) is 12.3. The zero-order valence-corrected chi connectivity index (χ0v) is 16.3. The third-order valence-electron chi connectivity index (χ3n) is 4.30. The third-order valence-corrected chi connectivity index (χ3v) is 6.36. The first kappa shape index (κ1) is 19.0. The molecule has 0 unspecified atom stereocenters. The zero-order chi connectivity index (χ0) is 18.7. The molecule has 8 heteroatoms. The smallest absolute Gasteiger partial charge is 0.253 e. The van der Waals surface area contributed by atoms with Crippen molar-refractivity contribution in [3.63, 3.8) is 0 Å². The Balaban J connectivity index is 1.60. The van der Waals surface area contributed by atoms with Crippen molar-refractivity contribution < 1.29 is 17.6 Å². The van der Waals surface area contributed by atoms with E-state index in [1.807, 2.05) is 0 Å². The summed E-state index contributed by atoms with van der Waals surface area (Å²) in [4.78, 5) is 14.2. The van der Waals surface area contributed by atoms with E-state index >= 15 is 0 Å². The molecule has 1 N–H and O–H groups in total. The molecular formula is C18H18BrFN2O3S. The lowest BCUT2D eigenvalue weighted by molar-refractivity contribution is 0.0711. The van der Waals surface area contributed by atoms with Gasteiger partial charge in [-0.25, -0.2) is 17.5 Å². The lowest BCUT2D eigenvalue weighted by atomic mass is 10.0. The minimum absolute atomic E-state index is 0.207. The molecule has 2 aromatic carbocycles. The molecule has 1 aliphatic rings. The minimum atomic E-state index is -3.60. The van der Waals surface area contributed by atoms with Crippen LogP contribution in [-0.2, 0) is 10.0 Å². The lowest BCUT2D eigenvalue weighted by Gasteiger charge is -2.32. The van der Waals surface area contributed by atoms with Crippen molar-refractivity contribution in [1.82, 2.24) is 9.62 Å². The normalized spacial score (nSPS) is 15.8. The van der Waals surface area contributed by atoms with Crippen LogP contribution in [0.1, 0.15) is 23.2 Å². The van der Waals surface area contributed by atoms with Crippen molar-refractivity contribution in [2.45, 2.75) is 23.8 Å². The maximum atomic E-state index is 13.3. The van der Waals surface area contributed by atoms with Gasteiger partial charge in [0.1, 0.15) is 5.82 Å². The fourth-order valence-electron chi connectivity index (χ4n) is 2.91. The molecule has 0 aromatic heterocycles. The summed E-state index contributed by atoms with van der Waals surface area (Å²) in [6.45, 7) is 0.839. The number of sulfonamides is 1. The lowest BCUT2D eigenvalue weighted by Crippen LogP contribution is -2.46. The Morgan fingerprint density at radius 1 is 1.12 bits per heavy atom. The van der Waals surface area contributed by atoms with Gasteiger partial charge in [0.2, 0.25) is 10.0 Å². The highest BCUT2D eigenvalue weighted by Crippen LogP contribution is 2.19. The molecule has 2 aromatic rings. The molecule has 0 radical (unpaired) electrons. The predicted octanol–water partition coefficient (Wildman–Crippen LogP) is 3.17. The quantitative estimate of drug-likeness (QED) is 0.793.